The lowest BCUT2D eigenvalue weighted by molar-refractivity contribution is 0.0833. The summed E-state index contributed by atoms with van der Waals surface area (Å²) in [5.41, 5.74) is 0.358. The smallest absolute Gasteiger partial charge is 0.323 e. The number of benzene rings is 1. The van der Waals surface area contributed by atoms with Gasteiger partial charge in [-0.25, -0.2) is 4.79 Å². The Morgan fingerprint density at radius 2 is 2.20 bits per heavy atom. The van der Waals surface area contributed by atoms with E-state index >= 15 is 0 Å². The number of urea groups is 1. The molecule has 25 heavy (non-hydrogen) atoms. The van der Waals surface area contributed by atoms with E-state index in [1.807, 2.05) is 32.0 Å². The van der Waals surface area contributed by atoms with Gasteiger partial charge in [-0.05, 0) is 26.0 Å². The predicted molar refractivity (Wildman–Crippen MR) is 95.3 cm³/mol. The molecular weight excluding hydrogens is 344 g/mol. The van der Waals surface area contributed by atoms with E-state index in [2.05, 4.69) is 10.4 Å². The molecule has 0 spiro atoms. The number of aromatic nitrogens is 2. The molecule has 8 heteroatoms. The van der Waals surface area contributed by atoms with E-state index in [0.29, 0.717) is 29.7 Å². The number of carbonyl (C=O) groups excluding carboxylic acids is 1. The van der Waals surface area contributed by atoms with Crippen LogP contribution in [-0.2, 0) is 13.6 Å². The Morgan fingerprint density at radius 1 is 1.44 bits per heavy atom. The molecule has 1 aromatic carbocycles. The van der Waals surface area contributed by atoms with Crippen LogP contribution in [0.1, 0.15) is 19.4 Å². The van der Waals surface area contributed by atoms with Gasteiger partial charge in [0.15, 0.2) is 5.82 Å². The molecule has 1 aromatic heterocycles. The first-order valence-electron chi connectivity index (χ1n) is 7.88. The lowest BCUT2D eigenvalue weighted by atomic mass is 10.1. The second-order valence-electron chi connectivity index (χ2n) is 6.62. The Hall–Kier alpha value is -2.41. The van der Waals surface area contributed by atoms with E-state index in [0.717, 1.165) is 11.3 Å². The predicted octanol–water partition coefficient (Wildman–Crippen LogP) is 3.29. The van der Waals surface area contributed by atoms with Gasteiger partial charge in [-0.15, -0.1) is 0 Å². The van der Waals surface area contributed by atoms with Crippen LogP contribution in [0.4, 0.5) is 10.6 Å². The molecule has 1 aliphatic rings. The average molecular weight is 365 g/mol. The van der Waals surface area contributed by atoms with E-state index in [1.54, 1.807) is 29.9 Å². The number of nitrogens with one attached hydrogen (secondary N) is 1. The monoisotopic (exact) mass is 364 g/mol. The molecule has 0 saturated carbocycles. The fourth-order valence-corrected chi connectivity index (χ4v) is 3.03. The molecule has 2 amide bonds. The Bertz CT molecular complexity index is 803. The van der Waals surface area contributed by atoms with Crippen molar-refractivity contribution in [2.75, 3.05) is 19.0 Å². The van der Waals surface area contributed by atoms with Crippen molar-refractivity contribution >= 4 is 23.4 Å². The first-order chi connectivity index (χ1) is 11.8. The summed E-state index contributed by atoms with van der Waals surface area (Å²) in [5, 5.41) is 7.31. The summed E-state index contributed by atoms with van der Waals surface area (Å²) in [6.07, 6.45) is 1.63. The number of nitrogens with zero attached hydrogens (tertiary/aromatic N) is 3. The Morgan fingerprint density at radius 3 is 2.84 bits per heavy atom. The zero-order chi connectivity index (χ0) is 18.2. The third-order valence-corrected chi connectivity index (χ3v) is 4.17. The number of ether oxygens (including phenoxy) is 2. The molecule has 1 N–H and O–H groups in total. The zero-order valence-corrected chi connectivity index (χ0v) is 15.4. The molecule has 2 aromatic rings. The van der Waals surface area contributed by atoms with Gasteiger partial charge in [0.1, 0.15) is 22.1 Å². The number of fused-ring (bicyclic) bond motifs is 1. The number of halogens is 1. The van der Waals surface area contributed by atoms with Gasteiger partial charge in [-0.3, -0.25) is 10.00 Å². The van der Waals surface area contributed by atoms with Crippen LogP contribution in [-0.4, -0.2) is 40.0 Å². The topological polar surface area (TPSA) is 68.6 Å². The van der Waals surface area contributed by atoms with Crippen LogP contribution in [0, 0.1) is 0 Å². The second kappa shape index (κ2) is 6.48. The Kier molecular flexibility index (Phi) is 4.51. The maximum Gasteiger partial charge on any atom is 0.323 e. The van der Waals surface area contributed by atoms with Crippen molar-refractivity contribution in [2.45, 2.75) is 26.0 Å². The number of anilines is 1. The van der Waals surface area contributed by atoms with Crippen molar-refractivity contribution in [3.05, 3.63) is 35.0 Å². The molecule has 0 atom stereocenters. The van der Waals surface area contributed by atoms with Crippen molar-refractivity contribution in [3.8, 4) is 11.5 Å². The maximum atomic E-state index is 12.7. The van der Waals surface area contributed by atoms with Crippen molar-refractivity contribution in [2.24, 2.45) is 7.05 Å². The number of amides is 2. The molecule has 134 valence electrons. The van der Waals surface area contributed by atoms with Crippen LogP contribution in [0.5, 0.6) is 11.5 Å². The average Bonchev–Trinajstić information content (AvgIpc) is 2.76. The minimum absolute atomic E-state index is 0.277. The van der Waals surface area contributed by atoms with Crippen molar-refractivity contribution in [3.63, 3.8) is 0 Å². The fourth-order valence-electron chi connectivity index (χ4n) is 2.81. The van der Waals surface area contributed by atoms with E-state index in [-0.39, 0.29) is 6.03 Å². The van der Waals surface area contributed by atoms with Crippen LogP contribution in [0.15, 0.2) is 24.4 Å². The molecule has 0 bridgehead atoms. The highest BCUT2D eigenvalue weighted by Crippen LogP contribution is 2.33. The quantitative estimate of drug-likeness (QED) is 0.887. The van der Waals surface area contributed by atoms with Gasteiger partial charge in [-0.2, -0.15) is 5.10 Å². The molecule has 0 radical (unpaired) electrons. The summed E-state index contributed by atoms with van der Waals surface area (Å²) in [6, 6.07) is 5.32. The van der Waals surface area contributed by atoms with Crippen molar-refractivity contribution in [1.82, 2.24) is 14.7 Å². The summed E-state index contributed by atoms with van der Waals surface area (Å²) in [4.78, 5) is 14.4. The van der Waals surface area contributed by atoms with Gasteiger partial charge >= 0.3 is 6.03 Å². The third-order valence-electron chi connectivity index (χ3n) is 3.89. The van der Waals surface area contributed by atoms with Crippen LogP contribution in [0.3, 0.4) is 0 Å². The molecule has 0 unspecified atom stereocenters. The molecule has 3 rings (SSSR count). The van der Waals surface area contributed by atoms with Crippen LogP contribution < -0.4 is 14.8 Å². The number of aryl methyl sites for hydroxylation is 1. The maximum absolute atomic E-state index is 12.7. The first-order valence-corrected chi connectivity index (χ1v) is 8.26. The van der Waals surface area contributed by atoms with Crippen molar-refractivity contribution < 1.29 is 14.3 Å². The number of hydrogen-bond acceptors (Lipinski definition) is 4. The van der Waals surface area contributed by atoms with Gasteiger partial charge in [0.25, 0.3) is 0 Å². The van der Waals surface area contributed by atoms with E-state index in [1.165, 1.54) is 0 Å². The molecule has 2 heterocycles. The number of methoxy groups -OCH3 is 1. The molecule has 0 saturated heterocycles. The Labute approximate surface area is 151 Å². The van der Waals surface area contributed by atoms with Gasteiger partial charge in [0.05, 0.1) is 20.2 Å². The summed E-state index contributed by atoms with van der Waals surface area (Å²) in [7, 11) is 3.36. The fraction of sp³-hybridized carbons (Fsp3) is 0.412. The summed E-state index contributed by atoms with van der Waals surface area (Å²) >= 11 is 6.08. The normalized spacial score (nSPS) is 15.8. The highest BCUT2D eigenvalue weighted by atomic mass is 35.5. The van der Waals surface area contributed by atoms with Crippen LogP contribution >= 0.6 is 11.6 Å². The molecule has 7 nitrogen and oxygen atoms in total. The standard InChI is InChI=1S/C17H21ClN4O3/c1-17(2)10-22(16(23)19-15-13(18)9-21(3)20-15)8-11-5-6-12(24-4)7-14(11)25-17/h5-7,9H,8,10H2,1-4H3,(H,19,20,23). The van der Waals surface area contributed by atoms with Gasteiger partial charge < -0.3 is 14.4 Å². The minimum Gasteiger partial charge on any atom is -0.497 e. The lowest BCUT2D eigenvalue weighted by Gasteiger charge is -2.29. The van der Waals surface area contributed by atoms with E-state index in [9.17, 15) is 4.79 Å². The van der Waals surface area contributed by atoms with Gasteiger partial charge in [0.2, 0.25) is 0 Å². The number of hydrogen-bond donors (Lipinski definition) is 1. The first kappa shape index (κ1) is 17.4. The largest absolute Gasteiger partial charge is 0.497 e. The highest BCUT2D eigenvalue weighted by molar-refractivity contribution is 6.33. The lowest BCUT2D eigenvalue weighted by Crippen LogP contribution is -2.44. The number of rotatable bonds is 2. The number of carbonyl (C=O) groups is 1. The van der Waals surface area contributed by atoms with Crippen LogP contribution in [0.25, 0.3) is 0 Å². The van der Waals surface area contributed by atoms with Crippen molar-refractivity contribution in [1.29, 1.82) is 0 Å². The van der Waals surface area contributed by atoms with E-state index < -0.39 is 5.60 Å². The van der Waals surface area contributed by atoms with Gasteiger partial charge in [0, 0.05) is 24.9 Å². The summed E-state index contributed by atoms with van der Waals surface area (Å²) < 4.78 is 12.9. The zero-order valence-electron chi connectivity index (χ0n) is 14.7. The van der Waals surface area contributed by atoms with E-state index in [4.69, 9.17) is 21.1 Å². The third kappa shape index (κ3) is 3.82. The molecular formula is C17H21ClN4O3. The summed E-state index contributed by atoms with van der Waals surface area (Å²) in [6.45, 7) is 4.71. The highest BCUT2D eigenvalue weighted by Gasteiger charge is 2.32. The minimum atomic E-state index is -0.553. The van der Waals surface area contributed by atoms with Gasteiger partial charge in [-0.1, -0.05) is 11.6 Å². The molecule has 1 aliphatic heterocycles. The van der Waals surface area contributed by atoms with Crippen LogP contribution in [0.2, 0.25) is 5.02 Å². The molecule has 0 fully saturated rings. The molecule has 0 aliphatic carbocycles. The summed E-state index contributed by atoms with van der Waals surface area (Å²) in [5.74, 6) is 1.77. The Balaban J connectivity index is 1.85. The SMILES string of the molecule is COc1ccc2c(c1)OC(C)(C)CN(C(=O)Nc1nn(C)cc1Cl)C2. The second-order valence-corrected chi connectivity index (χ2v) is 7.03.